The van der Waals surface area contributed by atoms with Gasteiger partial charge in [0.25, 0.3) is 5.56 Å². The van der Waals surface area contributed by atoms with Gasteiger partial charge in [0.05, 0.1) is 11.4 Å². The number of thioether (sulfide) groups is 1. The van der Waals surface area contributed by atoms with Gasteiger partial charge in [-0.25, -0.2) is 4.98 Å². The van der Waals surface area contributed by atoms with Gasteiger partial charge >= 0.3 is 0 Å². The average Bonchev–Trinajstić information content (AvgIpc) is 3.23. The fourth-order valence-electron chi connectivity index (χ4n) is 2.90. The number of carbonyl (C=O) groups is 2. The van der Waals surface area contributed by atoms with Crippen LogP contribution >= 0.6 is 23.1 Å². The Kier molecular flexibility index (Phi) is 6.06. The quantitative estimate of drug-likeness (QED) is 0.446. The van der Waals surface area contributed by atoms with Crippen molar-refractivity contribution in [3.63, 3.8) is 0 Å². The van der Waals surface area contributed by atoms with E-state index in [-0.39, 0.29) is 23.0 Å². The van der Waals surface area contributed by atoms with Crippen LogP contribution in [0.15, 0.2) is 77.0 Å². The lowest BCUT2D eigenvalue weighted by molar-refractivity contribution is -0.113. The van der Waals surface area contributed by atoms with Crippen molar-refractivity contribution in [1.82, 2.24) is 9.38 Å². The monoisotopic (exact) mass is 435 g/mol. The number of hydrogen-bond acceptors (Lipinski definition) is 6. The number of amides is 1. The van der Waals surface area contributed by atoms with E-state index in [1.807, 2.05) is 23.6 Å². The summed E-state index contributed by atoms with van der Waals surface area (Å²) in [6.45, 7) is 0. The Balaban J connectivity index is 1.35. The Morgan fingerprint density at radius 2 is 1.83 bits per heavy atom. The lowest BCUT2D eigenvalue weighted by Gasteiger charge is -2.07. The number of thiazole rings is 1. The number of aromatic nitrogens is 2. The first-order valence-corrected chi connectivity index (χ1v) is 11.2. The standard InChI is InChI=1S/C22H17N3O3S2/c26-19(14-29-13-18-12-20(27)25-9-10-30-22(25)24-18)23-17-8-4-7-16(11-17)21(28)15-5-2-1-3-6-15/h1-12H,13-14H2,(H,23,26). The van der Waals surface area contributed by atoms with E-state index < -0.39 is 0 Å². The minimum atomic E-state index is -0.182. The van der Waals surface area contributed by atoms with Crippen LogP contribution in [0.4, 0.5) is 5.69 Å². The minimum absolute atomic E-state index is 0.0950. The highest BCUT2D eigenvalue weighted by molar-refractivity contribution is 7.99. The molecule has 0 atom stereocenters. The molecule has 0 saturated heterocycles. The molecule has 8 heteroatoms. The van der Waals surface area contributed by atoms with E-state index in [1.54, 1.807) is 42.6 Å². The van der Waals surface area contributed by atoms with Gasteiger partial charge in [-0.05, 0) is 12.1 Å². The maximum atomic E-state index is 12.6. The predicted molar refractivity (Wildman–Crippen MR) is 120 cm³/mol. The molecule has 0 spiro atoms. The van der Waals surface area contributed by atoms with Gasteiger partial charge < -0.3 is 5.32 Å². The number of ketones is 1. The van der Waals surface area contributed by atoms with E-state index in [0.29, 0.717) is 33.2 Å². The van der Waals surface area contributed by atoms with E-state index in [4.69, 9.17) is 0 Å². The first-order valence-electron chi connectivity index (χ1n) is 9.13. The van der Waals surface area contributed by atoms with Crippen molar-refractivity contribution in [1.29, 1.82) is 0 Å². The van der Waals surface area contributed by atoms with Crippen LogP contribution in [-0.4, -0.2) is 26.8 Å². The molecule has 0 aliphatic heterocycles. The molecule has 2 aromatic carbocycles. The van der Waals surface area contributed by atoms with Crippen molar-refractivity contribution in [2.24, 2.45) is 0 Å². The van der Waals surface area contributed by atoms with Crippen LogP contribution in [-0.2, 0) is 10.5 Å². The summed E-state index contributed by atoms with van der Waals surface area (Å²) >= 11 is 2.77. The van der Waals surface area contributed by atoms with Gasteiger partial charge in [-0.1, -0.05) is 42.5 Å². The van der Waals surface area contributed by atoms with Gasteiger partial charge in [-0.15, -0.1) is 23.1 Å². The smallest absolute Gasteiger partial charge is 0.258 e. The summed E-state index contributed by atoms with van der Waals surface area (Å²) in [6.07, 6.45) is 1.69. The number of fused-ring (bicyclic) bond motifs is 1. The molecule has 0 radical (unpaired) electrons. The first-order chi connectivity index (χ1) is 14.6. The van der Waals surface area contributed by atoms with E-state index in [1.165, 1.54) is 33.6 Å². The highest BCUT2D eigenvalue weighted by Gasteiger charge is 2.11. The van der Waals surface area contributed by atoms with Crippen LogP contribution in [0.25, 0.3) is 4.96 Å². The van der Waals surface area contributed by atoms with Gasteiger partial charge in [0.15, 0.2) is 10.7 Å². The topological polar surface area (TPSA) is 80.5 Å². The zero-order valence-corrected chi connectivity index (χ0v) is 17.4. The molecule has 30 heavy (non-hydrogen) atoms. The number of nitrogens with zero attached hydrogens (tertiary/aromatic N) is 2. The second kappa shape index (κ2) is 9.06. The van der Waals surface area contributed by atoms with Crippen molar-refractivity contribution < 1.29 is 9.59 Å². The number of rotatable bonds is 7. The van der Waals surface area contributed by atoms with Crippen LogP contribution < -0.4 is 10.9 Å². The van der Waals surface area contributed by atoms with Crippen LogP contribution in [0.5, 0.6) is 0 Å². The van der Waals surface area contributed by atoms with E-state index in [2.05, 4.69) is 10.3 Å². The van der Waals surface area contributed by atoms with Gasteiger partial charge in [-0.2, -0.15) is 0 Å². The highest BCUT2D eigenvalue weighted by atomic mass is 32.2. The third-order valence-electron chi connectivity index (χ3n) is 4.28. The molecule has 1 amide bonds. The summed E-state index contributed by atoms with van der Waals surface area (Å²) in [6, 6.07) is 17.4. The summed E-state index contributed by atoms with van der Waals surface area (Å²) in [4.78, 5) is 41.9. The lowest BCUT2D eigenvalue weighted by Crippen LogP contribution is -2.15. The molecule has 2 aromatic heterocycles. The Morgan fingerprint density at radius 3 is 2.67 bits per heavy atom. The second-order valence-electron chi connectivity index (χ2n) is 6.46. The molecule has 0 aliphatic carbocycles. The normalized spacial score (nSPS) is 10.8. The van der Waals surface area contributed by atoms with Gasteiger partial charge in [0, 0.05) is 40.2 Å². The maximum absolute atomic E-state index is 12.6. The Morgan fingerprint density at radius 1 is 1.03 bits per heavy atom. The molecule has 1 N–H and O–H groups in total. The molecular formula is C22H17N3O3S2. The molecule has 0 bridgehead atoms. The molecular weight excluding hydrogens is 418 g/mol. The van der Waals surface area contributed by atoms with Crippen molar-refractivity contribution >= 4 is 45.4 Å². The Labute approximate surface area is 180 Å². The summed E-state index contributed by atoms with van der Waals surface area (Å²) in [7, 11) is 0. The van der Waals surface area contributed by atoms with Crippen LogP contribution in [0.2, 0.25) is 0 Å². The van der Waals surface area contributed by atoms with Crippen molar-refractivity contribution in [2.45, 2.75) is 5.75 Å². The van der Waals surface area contributed by atoms with Gasteiger partial charge in [0.1, 0.15) is 0 Å². The van der Waals surface area contributed by atoms with Gasteiger partial charge in [-0.3, -0.25) is 18.8 Å². The molecule has 0 fully saturated rings. The van der Waals surface area contributed by atoms with Crippen LogP contribution in [0, 0.1) is 0 Å². The zero-order valence-electron chi connectivity index (χ0n) is 15.8. The average molecular weight is 436 g/mol. The zero-order chi connectivity index (χ0) is 20.9. The van der Waals surface area contributed by atoms with Crippen LogP contribution in [0.3, 0.4) is 0 Å². The minimum Gasteiger partial charge on any atom is -0.325 e. The van der Waals surface area contributed by atoms with E-state index >= 15 is 0 Å². The number of nitrogens with one attached hydrogen (secondary N) is 1. The molecule has 0 saturated carbocycles. The molecule has 4 rings (SSSR count). The fraction of sp³-hybridized carbons (Fsp3) is 0.0909. The highest BCUT2D eigenvalue weighted by Crippen LogP contribution is 2.17. The van der Waals surface area contributed by atoms with E-state index in [0.717, 1.165) is 0 Å². The molecule has 0 aliphatic rings. The molecule has 6 nitrogen and oxygen atoms in total. The largest absolute Gasteiger partial charge is 0.325 e. The summed E-state index contributed by atoms with van der Waals surface area (Å²) < 4.78 is 1.50. The summed E-state index contributed by atoms with van der Waals surface area (Å²) in [5.74, 6) is 0.395. The molecule has 4 aromatic rings. The summed E-state index contributed by atoms with van der Waals surface area (Å²) in [5, 5.41) is 4.63. The lowest BCUT2D eigenvalue weighted by atomic mass is 10.0. The number of carbonyl (C=O) groups excluding carboxylic acids is 2. The third kappa shape index (κ3) is 4.67. The first kappa shape index (κ1) is 20.1. The van der Waals surface area contributed by atoms with E-state index in [9.17, 15) is 14.4 Å². The second-order valence-corrected chi connectivity index (χ2v) is 8.32. The number of anilines is 1. The maximum Gasteiger partial charge on any atom is 0.258 e. The SMILES string of the molecule is O=C(CSCc1cc(=O)n2ccsc2n1)Nc1cccc(C(=O)c2ccccc2)c1. The Bertz CT molecular complexity index is 1270. The van der Waals surface area contributed by atoms with Crippen molar-refractivity contribution in [3.05, 3.63) is 99.4 Å². The van der Waals surface area contributed by atoms with Gasteiger partial charge in [0.2, 0.25) is 5.91 Å². The van der Waals surface area contributed by atoms with Crippen molar-refractivity contribution in [3.8, 4) is 0 Å². The third-order valence-corrected chi connectivity index (χ3v) is 6.01. The van der Waals surface area contributed by atoms with Crippen LogP contribution in [0.1, 0.15) is 21.6 Å². The molecule has 0 unspecified atom stereocenters. The van der Waals surface area contributed by atoms with Crippen molar-refractivity contribution in [2.75, 3.05) is 11.1 Å². The fourth-order valence-corrected chi connectivity index (χ4v) is 4.36. The number of hydrogen-bond donors (Lipinski definition) is 1. The molecule has 150 valence electrons. The Hall–Kier alpha value is -3.23. The molecule has 2 heterocycles. The predicted octanol–water partition coefficient (Wildman–Crippen LogP) is 3.86. The summed E-state index contributed by atoms with van der Waals surface area (Å²) in [5.41, 5.74) is 2.21. The number of benzene rings is 2.